The number of sulfonamides is 1. The maximum Gasteiger partial charge on any atom is 0.241 e. The van der Waals surface area contributed by atoms with Crippen molar-refractivity contribution < 1.29 is 18.3 Å². The summed E-state index contributed by atoms with van der Waals surface area (Å²) in [5.41, 5.74) is 0.551. The Balaban J connectivity index is 2.22. The molecule has 21 heavy (non-hydrogen) atoms. The topological polar surface area (TPSA) is 86.7 Å². The smallest absolute Gasteiger partial charge is 0.241 e. The average molecular weight is 312 g/mol. The molecule has 0 spiro atoms. The van der Waals surface area contributed by atoms with Crippen molar-refractivity contribution >= 4 is 15.9 Å². The largest absolute Gasteiger partial charge is 0.388 e. The summed E-state index contributed by atoms with van der Waals surface area (Å²) in [6.45, 7) is 2.36. The van der Waals surface area contributed by atoms with E-state index < -0.39 is 22.2 Å². The molecule has 0 saturated carbocycles. The minimum absolute atomic E-state index is 0.0647. The van der Waals surface area contributed by atoms with Gasteiger partial charge in [0.2, 0.25) is 15.9 Å². The van der Waals surface area contributed by atoms with Crippen LogP contribution >= 0.6 is 0 Å². The maximum absolute atomic E-state index is 12.3. The van der Waals surface area contributed by atoms with Crippen LogP contribution in [-0.2, 0) is 14.8 Å². The van der Waals surface area contributed by atoms with Gasteiger partial charge in [-0.3, -0.25) is 4.79 Å². The van der Waals surface area contributed by atoms with Gasteiger partial charge in [0.05, 0.1) is 11.0 Å². The summed E-state index contributed by atoms with van der Waals surface area (Å²) >= 11 is 0. The molecule has 116 valence electrons. The van der Waals surface area contributed by atoms with Crippen LogP contribution in [0.2, 0.25) is 0 Å². The molecule has 1 aliphatic rings. The molecule has 1 aliphatic heterocycles. The maximum atomic E-state index is 12.3. The Morgan fingerprint density at radius 3 is 2.76 bits per heavy atom. The Morgan fingerprint density at radius 2 is 2.19 bits per heavy atom. The van der Waals surface area contributed by atoms with Crippen LogP contribution in [0.5, 0.6) is 0 Å². The van der Waals surface area contributed by atoms with Crippen molar-refractivity contribution in [2.75, 3.05) is 13.6 Å². The quantitative estimate of drug-likeness (QED) is 0.835. The summed E-state index contributed by atoms with van der Waals surface area (Å²) in [6, 6.07) is 5.46. The van der Waals surface area contributed by atoms with Crippen molar-refractivity contribution in [3.05, 3.63) is 29.8 Å². The Bertz CT molecular complexity index is 630. The van der Waals surface area contributed by atoms with E-state index >= 15 is 0 Å². The number of aliphatic hydroxyl groups excluding tert-OH is 1. The van der Waals surface area contributed by atoms with Crippen LogP contribution in [0.1, 0.15) is 31.4 Å². The average Bonchev–Trinajstić information content (AvgIpc) is 2.78. The number of amides is 1. The highest BCUT2D eigenvalue weighted by Gasteiger charge is 2.33. The zero-order chi connectivity index (χ0) is 15.6. The third-order valence-electron chi connectivity index (χ3n) is 3.66. The van der Waals surface area contributed by atoms with Gasteiger partial charge in [-0.15, -0.1) is 0 Å². The fourth-order valence-corrected chi connectivity index (χ4v) is 3.59. The van der Waals surface area contributed by atoms with Crippen molar-refractivity contribution in [2.24, 2.45) is 0 Å². The summed E-state index contributed by atoms with van der Waals surface area (Å²) in [4.78, 5) is 13.4. The minimum atomic E-state index is -3.77. The first-order valence-corrected chi connectivity index (χ1v) is 8.39. The van der Waals surface area contributed by atoms with Crippen LogP contribution in [-0.4, -0.2) is 44.0 Å². The van der Waals surface area contributed by atoms with Gasteiger partial charge in [-0.25, -0.2) is 8.42 Å². The Hall–Kier alpha value is -1.44. The van der Waals surface area contributed by atoms with E-state index in [1.807, 2.05) is 6.92 Å². The molecule has 0 bridgehead atoms. The van der Waals surface area contributed by atoms with Gasteiger partial charge in [-0.2, -0.15) is 4.72 Å². The highest BCUT2D eigenvalue weighted by Crippen LogP contribution is 2.21. The second kappa shape index (κ2) is 6.13. The van der Waals surface area contributed by atoms with E-state index in [2.05, 4.69) is 4.72 Å². The Labute approximate surface area is 124 Å². The lowest BCUT2D eigenvalue weighted by Gasteiger charge is -2.14. The van der Waals surface area contributed by atoms with Gasteiger partial charge in [-0.1, -0.05) is 19.1 Å². The number of carbonyl (C=O) groups is 1. The minimum Gasteiger partial charge on any atom is -0.388 e. The molecule has 2 N–H and O–H groups in total. The summed E-state index contributed by atoms with van der Waals surface area (Å²) in [6.07, 6.45) is 0.272. The van der Waals surface area contributed by atoms with Crippen LogP contribution in [0.3, 0.4) is 0 Å². The molecule has 0 aliphatic carbocycles. The zero-order valence-corrected chi connectivity index (χ0v) is 12.9. The predicted octanol–water partition coefficient (Wildman–Crippen LogP) is 0.639. The molecule has 0 radical (unpaired) electrons. The molecule has 1 amide bonds. The summed E-state index contributed by atoms with van der Waals surface area (Å²) in [5.74, 6) is -0.219. The third kappa shape index (κ3) is 3.42. The number of aliphatic hydroxyl groups is 1. The first kappa shape index (κ1) is 15.9. The van der Waals surface area contributed by atoms with Crippen LogP contribution in [0.4, 0.5) is 0 Å². The third-order valence-corrected chi connectivity index (χ3v) is 5.13. The van der Waals surface area contributed by atoms with E-state index in [4.69, 9.17) is 0 Å². The molecular weight excluding hydrogens is 292 g/mol. The number of rotatable bonds is 5. The van der Waals surface area contributed by atoms with Crippen LogP contribution < -0.4 is 4.72 Å². The van der Waals surface area contributed by atoms with Gasteiger partial charge >= 0.3 is 0 Å². The SMILES string of the molecule is CCC(O)c1cccc(S(=O)(=O)NC2CCN(C)C2=O)c1. The molecule has 1 saturated heterocycles. The molecule has 0 aromatic heterocycles. The molecular formula is C14H20N2O4S. The standard InChI is InChI=1S/C14H20N2O4S/c1-3-13(17)10-5-4-6-11(9-10)21(19,20)15-12-7-8-16(2)14(12)18/h4-6,9,12-13,15,17H,3,7-8H2,1-2H3. The zero-order valence-electron chi connectivity index (χ0n) is 12.1. The molecule has 1 aromatic rings. The lowest BCUT2D eigenvalue weighted by Crippen LogP contribution is -2.40. The second-order valence-corrected chi connectivity index (χ2v) is 6.93. The Morgan fingerprint density at radius 1 is 1.48 bits per heavy atom. The molecule has 2 rings (SSSR count). The van der Waals surface area contributed by atoms with Crippen molar-refractivity contribution in [3.8, 4) is 0 Å². The second-order valence-electron chi connectivity index (χ2n) is 5.22. The van der Waals surface area contributed by atoms with E-state index in [0.29, 0.717) is 24.9 Å². The number of hydrogen-bond donors (Lipinski definition) is 2. The molecule has 6 nitrogen and oxygen atoms in total. The fraction of sp³-hybridized carbons (Fsp3) is 0.500. The number of benzene rings is 1. The summed E-state index contributed by atoms with van der Waals surface area (Å²) in [5, 5.41) is 9.80. The number of nitrogens with one attached hydrogen (secondary N) is 1. The number of carbonyl (C=O) groups excluding carboxylic acids is 1. The van der Waals surface area contributed by atoms with Gasteiger partial charge in [0.15, 0.2) is 0 Å². The fourth-order valence-electron chi connectivity index (χ4n) is 2.31. The van der Waals surface area contributed by atoms with Crippen LogP contribution in [0.25, 0.3) is 0 Å². The number of hydrogen-bond acceptors (Lipinski definition) is 4. The van der Waals surface area contributed by atoms with Gasteiger partial charge in [0.25, 0.3) is 0 Å². The monoisotopic (exact) mass is 312 g/mol. The summed E-state index contributed by atoms with van der Waals surface area (Å²) < 4.78 is 27.1. The van der Waals surface area contributed by atoms with E-state index in [1.54, 1.807) is 19.2 Å². The van der Waals surface area contributed by atoms with Crippen LogP contribution in [0.15, 0.2) is 29.2 Å². The van der Waals surface area contributed by atoms with E-state index in [1.165, 1.54) is 17.0 Å². The van der Waals surface area contributed by atoms with Crippen molar-refractivity contribution in [3.63, 3.8) is 0 Å². The first-order chi connectivity index (χ1) is 9.85. The molecule has 1 fully saturated rings. The van der Waals surface area contributed by atoms with Gasteiger partial charge in [0, 0.05) is 13.6 Å². The predicted molar refractivity (Wildman–Crippen MR) is 78.1 cm³/mol. The number of likely N-dealkylation sites (tertiary alicyclic amines) is 1. The lowest BCUT2D eigenvalue weighted by molar-refractivity contribution is -0.127. The highest BCUT2D eigenvalue weighted by molar-refractivity contribution is 7.89. The van der Waals surface area contributed by atoms with Crippen molar-refractivity contribution in [2.45, 2.75) is 36.8 Å². The molecule has 1 heterocycles. The first-order valence-electron chi connectivity index (χ1n) is 6.90. The van der Waals surface area contributed by atoms with Crippen molar-refractivity contribution in [1.29, 1.82) is 0 Å². The van der Waals surface area contributed by atoms with Gasteiger partial charge in [0.1, 0.15) is 6.04 Å². The molecule has 2 unspecified atom stereocenters. The molecule has 7 heteroatoms. The molecule has 1 aromatic carbocycles. The number of nitrogens with zero attached hydrogens (tertiary/aromatic N) is 1. The van der Waals surface area contributed by atoms with E-state index in [9.17, 15) is 18.3 Å². The lowest BCUT2D eigenvalue weighted by atomic mass is 10.1. The molecule has 2 atom stereocenters. The van der Waals surface area contributed by atoms with E-state index in [-0.39, 0.29) is 10.8 Å². The number of likely N-dealkylation sites (N-methyl/N-ethyl adjacent to an activating group) is 1. The van der Waals surface area contributed by atoms with Gasteiger partial charge < -0.3 is 10.0 Å². The normalized spacial score (nSPS) is 20.8. The summed E-state index contributed by atoms with van der Waals surface area (Å²) in [7, 11) is -2.13. The highest BCUT2D eigenvalue weighted by atomic mass is 32.2. The van der Waals surface area contributed by atoms with Gasteiger partial charge in [-0.05, 0) is 30.5 Å². The van der Waals surface area contributed by atoms with Crippen molar-refractivity contribution in [1.82, 2.24) is 9.62 Å². The van der Waals surface area contributed by atoms with E-state index in [0.717, 1.165) is 0 Å². The van der Waals surface area contributed by atoms with Crippen LogP contribution in [0, 0.1) is 0 Å². The Kier molecular flexibility index (Phi) is 4.65.